The third-order valence-corrected chi connectivity index (χ3v) is 10.6. The van der Waals surface area contributed by atoms with Crippen LogP contribution in [0.4, 0.5) is 0 Å². The largest absolute Gasteiger partial charge is 0.256 e. The van der Waals surface area contributed by atoms with Crippen LogP contribution in [0.15, 0.2) is 158 Å². The van der Waals surface area contributed by atoms with Crippen molar-refractivity contribution in [3.05, 3.63) is 175 Å². The minimum atomic E-state index is 0.143. The molecule has 2 aromatic heterocycles. The third-order valence-electron chi connectivity index (χ3n) is 9.35. The van der Waals surface area contributed by atoms with E-state index in [1.54, 1.807) is 0 Å². The van der Waals surface area contributed by atoms with Crippen LogP contribution in [0.25, 0.3) is 64.5 Å². The van der Waals surface area contributed by atoms with E-state index in [0.717, 1.165) is 23.1 Å². The Kier molecular flexibility index (Phi) is 6.04. The Morgan fingerprint density at radius 3 is 2.29 bits per heavy atom. The number of nitrogens with zero attached hydrogens (tertiary/aromatic N) is 1. The molecule has 1 aliphatic carbocycles. The predicted molar refractivity (Wildman–Crippen MR) is 192 cm³/mol. The minimum Gasteiger partial charge on any atom is -0.256 e. The summed E-state index contributed by atoms with van der Waals surface area (Å²) in [6, 6.07) is 50.7. The summed E-state index contributed by atoms with van der Waals surface area (Å²) < 4.78 is 2.64. The second-order valence-corrected chi connectivity index (χ2v) is 13.1. The highest BCUT2D eigenvalue weighted by Gasteiger charge is 2.29. The van der Waals surface area contributed by atoms with E-state index in [4.69, 9.17) is 4.98 Å². The van der Waals surface area contributed by atoms with Crippen LogP contribution in [0.2, 0.25) is 0 Å². The van der Waals surface area contributed by atoms with Gasteiger partial charge in [0.15, 0.2) is 0 Å². The first-order valence-electron chi connectivity index (χ1n) is 15.5. The van der Waals surface area contributed by atoms with E-state index in [9.17, 15) is 0 Å². The van der Waals surface area contributed by atoms with Crippen LogP contribution in [-0.2, 0) is 6.42 Å². The maximum absolute atomic E-state index is 4.82. The van der Waals surface area contributed by atoms with Gasteiger partial charge < -0.3 is 0 Å². The Morgan fingerprint density at radius 2 is 1.42 bits per heavy atom. The average Bonchev–Trinajstić information content (AvgIpc) is 3.42. The monoisotopic (exact) mass is 591 g/mol. The number of allylic oxidation sites excluding steroid dienone is 1. The van der Waals surface area contributed by atoms with E-state index in [0.29, 0.717) is 0 Å². The minimum absolute atomic E-state index is 0.143. The molecular formula is C43H29NS. The second kappa shape index (κ2) is 10.4. The summed E-state index contributed by atoms with van der Waals surface area (Å²) in [5.74, 6) is 0.143. The van der Waals surface area contributed by atoms with E-state index in [-0.39, 0.29) is 5.92 Å². The van der Waals surface area contributed by atoms with Crippen molar-refractivity contribution >= 4 is 42.3 Å². The zero-order valence-electron chi connectivity index (χ0n) is 24.7. The molecule has 0 fully saturated rings. The lowest BCUT2D eigenvalue weighted by Gasteiger charge is -2.21. The molecular weight excluding hydrogens is 563 g/mol. The standard InChI is InChI=1S/C43H29NS/c1-27-23-31-15-8-9-16-34(31)41-36(40(27)29-13-6-3-7-14-29)21-22-39-42(41)37-18-10-17-35(43(37)45-39)32-20-19-30-25-38(44-26-33(30)24-32)28-11-4-2-5-12-28/h2-22,24-26,40H,1,23H2. The molecule has 0 saturated carbocycles. The van der Waals surface area contributed by atoms with Gasteiger partial charge in [0.05, 0.1) is 5.69 Å². The fourth-order valence-corrected chi connectivity index (χ4v) is 8.53. The van der Waals surface area contributed by atoms with E-state index in [2.05, 4.69) is 140 Å². The second-order valence-electron chi connectivity index (χ2n) is 12.0. The van der Waals surface area contributed by atoms with Gasteiger partial charge in [-0.1, -0.05) is 133 Å². The molecule has 0 bridgehead atoms. The normalized spacial score (nSPS) is 14.4. The van der Waals surface area contributed by atoms with Crippen molar-refractivity contribution < 1.29 is 0 Å². The molecule has 1 nitrogen and oxygen atoms in total. The fourth-order valence-electron chi connectivity index (χ4n) is 7.29. The van der Waals surface area contributed by atoms with Crippen molar-refractivity contribution in [3.8, 4) is 33.5 Å². The molecule has 2 heterocycles. The lowest BCUT2D eigenvalue weighted by atomic mass is 9.82. The molecule has 45 heavy (non-hydrogen) atoms. The van der Waals surface area contributed by atoms with Crippen LogP contribution >= 0.6 is 11.3 Å². The van der Waals surface area contributed by atoms with Crippen LogP contribution < -0.4 is 0 Å². The van der Waals surface area contributed by atoms with Gasteiger partial charge in [-0.3, -0.25) is 4.98 Å². The highest BCUT2D eigenvalue weighted by molar-refractivity contribution is 7.26. The molecule has 9 rings (SSSR count). The topological polar surface area (TPSA) is 12.9 Å². The third kappa shape index (κ3) is 4.25. The summed E-state index contributed by atoms with van der Waals surface area (Å²) in [6.45, 7) is 4.66. The molecule has 1 unspecified atom stereocenters. The van der Waals surface area contributed by atoms with E-state index in [1.165, 1.54) is 70.1 Å². The summed E-state index contributed by atoms with van der Waals surface area (Å²) in [5, 5.41) is 5.02. The molecule has 0 aliphatic heterocycles. The summed E-state index contributed by atoms with van der Waals surface area (Å²) in [4.78, 5) is 4.82. The first-order chi connectivity index (χ1) is 22.2. The summed E-state index contributed by atoms with van der Waals surface area (Å²) >= 11 is 1.90. The Balaban J connectivity index is 1.26. The molecule has 0 N–H and O–H groups in total. The molecule has 0 amide bonds. The van der Waals surface area contributed by atoms with Crippen molar-refractivity contribution in [1.82, 2.24) is 4.98 Å². The first kappa shape index (κ1) is 26.1. The van der Waals surface area contributed by atoms with Gasteiger partial charge in [-0.15, -0.1) is 11.3 Å². The van der Waals surface area contributed by atoms with Gasteiger partial charge in [-0.25, -0.2) is 0 Å². The van der Waals surface area contributed by atoms with Crippen LogP contribution in [0.5, 0.6) is 0 Å². The maximum atomic E-state index is 4.82. The van der Waals surface area contributed by atoms with E-state index in [1.807, 2.05) is 23.6 Å². The molecule has 0 saturated heterocycles. The molecule has 1 aliphatic rings. The predicted octanol–water partition coefficient (Wildman–Crippen LogP) is 11.8. The first-order valence-corrected chi connectivity index (χ1v) is 16.3. The molecule has 0 radical (unpaired) electrons. The van der Waals surface area contributed by atoms with Crippen LogP contribution in [0, 0.1) is 0 Å². The van der Waals surface area contributed by atoms with Crippen molar-refractivity contribution in [2.75, 3.05) is 0 Å². The van der Waals surface area contributed by atoms with Gasteiger partial charge in [0, 0.05) is 43.2 Å². The Bertz CT molecular complexity index is 2420. The lowest BCUT2D eigenvalue weighted by Crippen LogP contribution is -2.05. The zero-order valence-corrected chi connectivity index (χ0v) is 25.5. The van der Waals surface area contributed by atoms with Crippen molar-refractivity contribution in [1.29, 1.82) is 0 Å². The van der Waals surface area contributed by atoms with Gasteiger partial charge in [0.1, 0.15) is 0 Å². The average molecular weight is 592 g/mol. The Hall–Kier alpha value is -5.31. The molecule has 6 aromatic carbocycles. The van der Waals surface area contributed by atoms with Gasteiger partial charge in [-0.2, -0.15) is 0 Å². The molecule has 8 aromatic rings. The molecule has 2 heteroatoms. The van der Waals surface area contributed by atoms with Gasteiger partial charge in [0.2, 0.25) is 0 Å². The van der Waals surface area contributed by atoms with Gasteiger partial charge in [0.25, 0.3) is 0 Å². The number of thiophene rings is 1. The highest BCUT2D eigenvalue weighted by Crippen LogP contribution is 2.51. The van der Waals surface area contributed by atoms with E-state index < -0.39 is 0 Å². The number of aromatic nitrogens is 1. The summed E-state index contributed by atoms with van der Waals surface area (Å²) in [7, 11) is 0. The quantitative estimate of drug-likeness (QED) is 0.186. The highest BCUT2D eigenvalue weighted by atomic mass is 32.1. The fraction of sp³-hybridized carbons (Fsp3) is 0.0465. The summed E-state index contributed by atoms with van der Waals surface area (Å²) in [5.41, 5.74) is 12.5. The van der Waals surface area contributed by atoms with Crippen molar-refractivity contribution in [2.45, 2.75) is 12.3 Å². The summed E-state index contributed by atoms with van der Waals surface area (Å²) in [6.07, 6.45) is 2.88. The number of benzene rings is 6. The maximum Gasteiger partial charge on any atom is 0.0708 e. The smallest absolute Gasteiger partial charge is 0.0708 e. The molecule has 0 spiro atoms. The van der Waals surface area contributed by atoms with Crippen molar-refractivity contribution in [3.63, 3.8) is 0 Å². The van der Waals surface area contributed by atoms with Gasteiger partial charge >= 0.3 is 0 Å². The SMILES string of the molecule is C=C1Cc2ccccc2-c2c(ccc3sc4c(-c5ccc6cc(-c7ccccc7)ncc6c5)cccc4c23)C1c1ccccc1. The van der Waals surface area contributed by atoms with E-state index >= 15 is 0 Å². The Morgan fingerprint density at radius 1 is 0.644 bits per heavy atom. The lowest BCUT2D eigenvalue weighted by molar-refractivity contribution is 0.918. The van der Waals surface area contributed by atoms with Crippen LogP contribution in [0.3, 0.4) is 0 Å². The van der Waals surface area contributed by atoms with Gasteiger partial charge in [-0.05, 0) is 69.0 Å². The number of hydrogen-bond acceptors (Lipinski definition) is 2. The Labute approximate surface area is 266 Å². The zero-order chi connectivity index (χ0) is 29.9. The van der Waals surface area contributed by atoms with Crippen LogP contribution in [-0.4, -0.2) is 4.98 Å². The number of pyridine rings is 1. The molecule has 1 atom stereocenters. The van der Waals surface area contributed by atoms with Crippen LogP contribution in [0.1, 0.15) is 22.6 Å². The number of hydrogen-bond donors (Lipinski definition) is 0. The molecule has 212 valence electrons. The number of rotatable bonds is 3. The number of fused-ring (bicyclic) bond motifs is 8. The van der Waals surface area contributed by atoms with Crippen molar-refractivity contribution in [2.24, 2.45) is 0 Å².